The molecule has 160 valence electrons. The first-order valence-corrected chi connectivity index (χ1v) is 9.32. The number of halogens is 4. The molecular formula is C21H20F4N2O3. The molecule has 1 heterocycles. The number of aliphatic hydroxyl groups excluding tert-OH is 1. The minimum absolute atomic E-state index is 0.0682. The number of nitrogens with one attached hydrogen (secondary N) is 1. The number of benzene rings is 2. The first kappa shape index (κ1) is 21.8. The number of amides is 2. The van der Waals surface area contributed by atoms with Crippen LogP contribution in [0.25, 0.3) is 0 Å². The van der Waals surface area contributed by atoms with E-state index in [2.05, 4.69) is 5.32 Å². The van der Waals surface area contributed by atoms with Crippen LogP contribution in [0.4, 0.5) is 23.2 Å². The Kier molecular flexibility index (Phi) is 6.12. The molecule has 1 aliphatic rings. The van der Waals surface area contributed by atoms with Crippen LogP contribution in [0.15, 0.2) is 36.4 Å². The predicted molar refractivity (Wildman–Crippen MR) is 101 cm³/mol. The fraction of sp³-hybridized carbons (Fsp3) is 0.333. The van der Waals surface area contributed by atoms with Crippen molar-refractivity contribution in [1.29, 1.82) is 0 Å². The highest BCUT2D eigenvalue weighted by Gasteiger charge is 2.46. The first-order valence-electron chi connectivity index (χ1n) is 9.32. The van der Waals surface area contributed by atoms with E-state index in [0.29, 0.717) is 12.1 Å². The zero-order valence-electron chi connectivity index (χ0n) is 16.1. The molecule has 1 saturated heterocycles. The topological polar surface area (TPSA) is 69.6 Å². The van der Waals surface area contributed by atoms with Crippen molar-refractivity contribution >= 4 is 17.5 Å². The number of hydrogen-bond acceptors (Lipinski definition) is 3. The third-order valence-electron chi connectivity index (χ3n) is 5.00. The number of nitrogens with zero attached hydrogens (tertiary/aromatic N) is 1. The van der Waals surface area contributed by atoms with E-state index < -0.39 is 41.0 Å². The second-order valence-corrected chi connectivity index (χ2v) is 7.21. The Bertz CT molecular complexity index is 973. The molecule has 30 heavy (non-hydrogen) atoms. The quantitative estimate of drug-likeness (QED) is 0.737. The molecule has 0 spiro atoms. The standard InChI is InChI=1S/C21H20F4N2O3/c1-12-10-14(3-5-17(12)22)26-19(29)13-2-4-18(23)16(11-13)21(24,25)20(30)27-8-6-15(28)7-9-27/h2-5,10-11,15,28H,6-9H2,1H3,(H,26,29). The molecule has 0 aromatic heterocycles. The summed E-state index contributed by atoms with van der Waals surface area (Å²) in [6, 6.07) is 6.15. The summed E-state index contributed by atoms with van der Waals surface area (Å²) in [4.78, 5) is 25.6. The van der Waals surface area contributed by atoms with Crippen LogP contribution in [0.5, 0.6) is 0 Å². The average molecular weight is 424 g/mol. The van der Waals surface area contributed by atoms with Crippen LogP contribution >= 0.6 is 0 Å². The van der Waals surface area contributed by atoms with E-state index in [0.717, 1.165) is 17.0 Å². The molecule has 2 aromatic carbocycles. The number of anilines is 1. The van der Waals surface area contributed by atoms with Crippen LogP contribution in [-0.2, 0) is 10.7 Å². The maximum absolute atomic E-state index is 14.8. The maximum atomic E-state index is 14.8. The van der Waals surface area contributed by atoms with E-state index >= 15 is 0 Å². The van der Waals surface area contributed by atoms with Crippen molar-refractivity contribution < 1.29 is 32.3 Å². The van der Waals surface area contributed by atoms with Crippen LogP contribution < -0.4 is 5.32 Å². The minimum Gasteiger partial charge on any atom is -0.393 e. The summed E-state index contributed by atoms with van der Waals surface area (Å²) in [5.41, 5.74) is -0.979. The number of alkyl halides is 2. The van der Waals surface area contributed by atoms with Gasteiger partial charge in [-0.1, -0.05) is 0 Å². The third kappa shape index (κ3) is 4.46. The Morgan fingerprint density at radius 1 is 1.07 bits per heavy atom. The van der Waals surface area contributed by atoms with E-state index in [4.69, 9.17) is 0 Å². The van der Waals surface area contributed by atoms with E-state index in [-0.39, 0.29) is 42.7 Å². The zero-order chi connectivity index (χ0) is 22.1. The van der Waals surface area contributed by atoms with Gasteiger partial charge in [0, 0.05) is 24.3 Å². The summed E-state index contributed by atoms with van der Waals surface area (Å²) >= 11 is 0. The molecular weight excluding hydrogens is 404 g/mol. The normalized spacial score (nSPS) is 15.2. The second kappa shape index (κ2) is 8.43. The van der Waals surface area contributed by atoms with Gasteiger partial charge >= 0.3 is 5.92 Å². The van der Waals surface area contributed by atoms with Gasteiger partial charge in [-0.15, -0.1) is 0 Å². The smallest absolute Gasteiger partial charge is 0.352 e. The van der Waals surface area contributed by atoms with Crippen molar-refractivity contribution in [2.75, 3.05) is 18.4 Å². The lowest BCUT2D eigenvalue weighted by Gasteiger charge is -2.32. The van der Waals surface area contributed by atoms with Crippen molar-refractivity contribution in [3.63, 3.8) is 0 Å². The number of carbonyl (C=O) groups excluding carboxylic acids is 2. The van der Waals surface area contributed by atoms with Gasteiger partial charge in [0.05, 0.1) is 11.7 Å². The lowest BCUT2D eigenvalue weighted by molar-refractivity contribution is -0.161. The van der Waals surface area contributed by atoms with Gasteiger partial charge in [0.2, 0.25) is 0 Å². The number of hydrogen-bond donors (Lipinski definition) is 2. The van der Waals surface area contributed by atoms with Crippen molar-refractivity contribution in [1.82, 2.24) is 4.90 Å². The van der Waals surface area contributed by atoms with Gasteiger partial charge in [-0.3, -0.25) is 9.59 Å². The van der Waals surface area contributed by atoms with Gasteiger partial charge in [-0.25, -0.2) is 8.78 Å². The highest BCUT2D eigenvalue weighted by Crippen LogP contribution is 2.34. The molecule has 2 aromatic rings. The number of aliphatic hydroxyl groups is 1. The summed E-state index contributed by atoms with van der Waals surface area (Å²) in [6.07, 6.45) is -0.352. The van der Waals surface area contributed by atoms with E-state index in [9.17, 15) is 32.3 Å². The fourth-order valence-corrected chi connectivity index (χ4v) is 3.22. The zero-order valence-corrected chi connectivity index (χ0v) is 16.1. The summed E-state index contributed by atoms with van der Waals surface area (Å²) < 4.78 is 57.1. The van der Waals surface area contributed by atoms with Crippen LogP contribution in [0.3, 0.4) is 0 Å². The minimum atomic E-state index is -4.19. The second-order valence-electron chi connectivity index (χ2n) is 7.21. The largest absolute Gasteiger partial charge is 0.393 e. The molecule has 5 nitrogen and oxygen atoms in total. The van der Waals surface area contributed by atoms with Gasteiger partial charge in [-0.2, -0.15) is 8.78 Å². The van der Waals surface area contributed by atoms with Gasteiger partial charge in [-0.05, 0) is 61.7 Å². The van der Waals surface area contributed by atoms with Crippen molar-refractivity contribution in [2.24, 2.45) is 0 Å². The maximum Gasteiger partial charge on any atom is 0.352 e. The molecule has 0 atom stereocenters. The van der Waals surface area contributed by atoms with Crippen LogP contribution in [-0.4, -0.2) is 41.0 Å². The van der Waals surface area contributed by atoms with Crippen molar-refractivity contribution in [3.05, 3.63) is 64.7 Å². The molecule has 2 amide bonds. The summed E-state index contributed by atoms with van der Waals surface area (Å²) in [5.74, 6) is -8.37. The van der Waals surface area contributed by atoms with Gasteiger partial charge in [0.15, 0.2) is 0 Å². The molecule has 0 aliphatic carbocycles. The summed E-state index contributed by atoms with van der Waals surface area (Å²) in [5, 5.41) is 11.9. The highest BCUT2D eigenvalue weighted by atomic mass is 19.3. The Morgan fingerprint density at radius 3 is 2.33 bits per heavy atom. The fourth-order valence-electron chi connectivity index (χ4n) is 3.22. The Morgan fingerprint density at radius 2 is 1.70 bits per heavy atom. The lowest BCUT2D eigenvalue weighted by atomic mass is 10.0. The number of rotatable bonds is 4. The molecule has 0 radical (unpaired) electrons. The predicted octanol–water partition coefficient (Wildman–Crippen LogP) is 3.60. The van der Waals surface area contributed by atoms with Crippen LogP contribution in [0.1, 0.15) is 34.3 Å². The average Bonchev–Trinajstić information content (AvgIpc) is 2.71. The first-order chi connectivity index (χ1) is 14.1. The molecule has 1 aliphatic heterocycles. The number of piperidine rings is 1. The van der Waals surface area contributed by atoms with Crippen LogP contribution in [0.2, 0.25) is 0 Å². The molecule has 0 unspecified atom stereocenters. The lowest BCUT2D eigenvalue weighted by Crippen LogP contribution is -2.47. The van der Waals surface area contributed by atoms with Gasteiger partial charge in [0.25, 0.3) is 11.8 Å². The van der Waals surface area contributed by atoms with E-state index in [1.54, 1.807) is 0 Å². The van der Waals surface area contributed by atoms with Crippen LogP contribution in [0, 0.1) is 18.6 Å². The monoisotopic (exact) mass is 424 g/mol. The molecule has 1 fully saturated rings. The van der Waals surface area contributed by atoms with Gasteiger partial charge < -0.3 is 15.3 Å². The Labute approximate surface area is 170 Å². The van der Waals surface area contributed by atoms with E-state index in [1.807, 2.05) is 0 Å². The number of aryl methyl sites for hydroxylation is 1. The van der Waals surface area contributed by atoms with E-state index in [1.165, 1.54) is 19.1 Å². The molecule has 0 bridgehead atoms. The Hall–Kier alpha value is -2.94. The molecule has 9 heteroatoms. The summed E-state index contributed by atoms with van der Waals surface area (Å²) in [7, 11) is 0. The van der Waals surface area contributed by atoms with Crippen molar-refractivity contribution in [2.45, 2.75) is 31.8 Å². The Balaban J connectivity index is 1.83. The van der Waals surface area contributed by atoms with Gasteiger partial charge in [0.1, 0.15) is 11.6 Å². The number of carbonyl (C=O) groups is 2. The summed E-state index contributed by atoms with van der Waals surface area (Å²) in [6.45, 7) is 1.36. The molecule has 2 N–H and O–H groups in total. The number of likely N-dealkylation sites (tertiary alicyclic amines) is 1. The molecule has 3 rings (SSSR count). The van der Waals surface area contributed by atoms with Crippen molar-refractivity contribution in [3.8, 4) is 0 Å². The SMILES string of the molecule is Cc1cc(NC(=O)c2ccc(F)c(C(F)(F)C(=O)N3CCC(O)CC3)c2)ccc1F. The highest BCUT2D eigenvalue weighted by molar-refractivity contribution is 6.04. The third-order valence-corrected chi connectivity index (χ3v) is 5.00. The molecule has 0 saturated carbocycles.